The first-order chi connectivity index (χ1) is 9.24. The summed E-state index contributed by atoms with van der Waals surface area (Å²) in [6, 6.07) is 13.4. The third kappa shape index (κ3) is 2.72. The Kier molecular flexibility index (Phi) is 3.67. The molecule has 98 valence electrons. The number of benzene rings is 2. The molecule has 3 rings (SSSR count). The standard InChI is InChI=1S/C15H13ClFNS/c16-12-6-5-10(9-13(12)17)18-14-7-8-19-15-4-2-1-3-11(14)15/h1-6,9,14,18H,7-8H2. The maximum atomic E-state index is 13.5. The molecule has 2 aromatic carbocycles. The Morgan fingerprint density at radius 3 is 2.89 bits per heavy atom. The third-order valence-corrected chi connectivity index (χ3v) is 4.65. The molecule has 1 aliphatic heterocycles. The highest BCUT2D eigenvalue weighted by Crippen LogP contribution is 2.37. The molecular weight excluding hydrogens is 281 g/mol. The molecule has 1 atom stereocenters. The lowest BCUT2D eigenvalue weighted by Crippen LogP contribution is -2.16. The van der Waals surface area contributed by atoms with E-state index in [0.717, 1.165) is 17.9 Å². The van der Waals surface area contributed by atoms with Crippen molar-refractivity contribution in [3.8, 4) is 0 Å². The second-order valence-electron chi connectivity index (χ2n) is 4.50. The van der Waals surface area contributed by atoms with Crippen LogP contribution in [0.3, 0.4) is 0 Å². The molecular formula is C15H13ClFNS. The van der Waals surface area contributed by atoms with Crippen LogP contribution in [0.25, 0.3) is 0 Å². The molecule has 0 aliphatic carbocycles. The summed E-state index contributed by atoms with van der Waals surface area (Å²) < 4.78 is 13.5. The van der Waals surface area contributed by atoms with E-state index in [2.05, 4.69) is 23.5 Å². The maximum absolute atomic E-state index is 13.5. The van der Waals surface area contributed by atoms with Gasteiger partial charge in [0.25, 0.3) is 0 Å². The zero-order valence-corrected chi connectivity index (χ0v) is 11.8. The van der Waals surface area contributed by atoms with Crippen molar-refractivity contribution in [3.63, 3.8) is 0 Å². The van der Waals surface area contributed by atoms with Gasteiger partial charge in [-0.2, -0.15) is 0 Å². The van der Waals surface area contributed by atoms with Gasteiger partial charge in [0.1, 0.15) is 5.82 Å². The average Bonchev–Trinajstić information content (AvgIpc) is 2.43. The summed E-state index contributed by atoms with van der Waals surface area (Å²) in [6.45, 7) is 0. The van der Waals surface area contributed by atoms with Crippen molar-refractivity contribution in [2.45, 2.75) is 17.4 Å². The van der Waals surface area contributed by atoms with Gasteiger partial charge in [0, 0.05) is 16.3 Å². The van der Waals surface area contributed by atoms with Crippen LogP contribution in [0.4, 0.5) is 10.1 Å². The van der Waals surface area contributed by atoms with Crippen LogP contribution in [0.1, 0.15) is 18.0 Å². The monoisotopic (exact) mass is 293 g/mol. The third-order valence-electron chi connectivity index (χ3n) is 3.22. The SMILES string of the molecule is Fc1cc(NC2CCSc3ccccc32)ccc1Cl. The first kappa shape index (κ1) is 12.8. The Morgan fingerprint density at radius 2 is 2.05 bits per heavy atom. The van der Waals surface area contributed by atoms with E-state index in [1.165, 1.54) is 16.5 Å². The van der Waals surface area contributed by atoms with Gasteiger partial charge in [-0.15, -0.1) is 11.8 Å². The lowest BCUT2D eigenvalue weighted by molar-refractivity contribution is 0.627. The summed E-state index contributed by atoms with van der Waals surface area (Å²) in [5.74, 6) is 0.690. The fourth-order valence-corrected chi connectivity index (χ4v) is 3.52. The number of rotatable bonds is 2. The highest BCUT2D eigenvalue weighted by Gasteiger charge is 2.20. The number of thioether (sulfide) groups is 1. The second-order valence-corrected chi connectivity index (χ2v) is 6.04. The van der Waals surface area contributed by atoms with Gasteiger partial charge in [0.15, 0.2) is 0 Å². The van der Waals surface area contributed by atoms with Crippen molar-refractivity contribution in [2.75, 3.05) is 11.1 Å². The van der Waals surface area contributed by atoms with Gasteiger partial charge in [-0.3, -0.25) is 0 Å². The second kappa shape index (κ2) is 5.43. The van der Waals surface area contributed by atoms with Crippen molar-refractivity contribution < 1.29 is 4.39 Å². The molecule has 0 amide bonds. The fraction of sp³-hybridized carbons (Fsp3) is 0.200. The molecule has 19 heavy (non-hydrogen) atoms. The molecule has 2 aromatic rings. The van der Waals surface area contributed by atoms with Gasteiger partial charge in [0.2, 0.25) is 0 Å². The Hall–Kier alpha value is -1.19. The molecule has 0 saturated heterocycles. The largest absolute Gasteiger partial charge is 0.378 e. The average molecular weight is 294 g/mol. The smallest absolute Gasteiger partial charge is 0.143 e. The van der Waals surface area contributed by atoms with Crippen LogP contribution in [-0.4, -0.2) is 5.75 Å². The normalized spacial score (nSPS) is 17.9. The van der Waals surface area contributed by atoms with Crippen molar-refractivity contribution in [2.24, 2.45) is 0 Å². The number of hydrogen-bond acceptors (Lipinski definition) is 2. The van der Waals surface area contributed by atoms with Crippen LogP contribution in [0.5, 0.6) is 0 Å². The summed E-state index contributed by atoms with van der Waals surface area (Å²) in [4.78, 5) is 1.31. The van der Waals surface area contributed by atoms with Crippen molar-refractivity contribution in [1.82, 2.24) is 0 Å². The van der Waals surface area contributed by atoms with Crippen LogP contribution in [-0.2, 0) is 0 Å². The minimum absolute atomic E-state index is 0.158. The molecule has 1 unspecified atom stereocenters. The van der Waals surface area contributed by atoms with Gasteiger partial charge in [0.05, 0.1) is 11.1 Å². The Bertz CT molecular complexity index is 602. The van der Waals surface area contributed by atoms with Crippen LogP contribution in [0.15, 0.2) is 47.4 Å². The number of fused-ring (bicyclic) bond motifs is 1. The van der Waals surface area contributed by atoms with E-state index in [9.17, 15) is 4.39 Å². The van der Waals surface area contributed by atoms with Crippen molar-refractivity contribution >= 4 is 29.1 Å². The quantitative estimate of drug-likeness (QED) is 0.824. The van der Waals surface area contributed by atoms with Crippen molar-refractivity contribution in [1.29, 1.82) is 0 Å². The molecule has 0 saturated carbocycles. The number of hydrogen-bond donors (Lipinski definition) is 1. The molecule has 0 aromatic heterocycles. The van der Waals surface area contributed by atoms with E-state index < -0.39 is 0 Å². The summed E-state index contributed by atoms with van der Waals surface area (Å²) in [5, 5.41) is 3.55. The summed E-state index contributed by atoms with van der Waals surface area (Å²) >= 11 is 7.57. The molecule has 1 nitrogen and oxygen atoms in total. The maximum Gasteiger partial charge on any atom is 0.143 e. The topological polar surface area (TPSA) is 12.0 Å². The molecule has 0 bridgehead atoms. The van der Waals surface area contributed by atoms with E-state index in [1.807, 2.05) is 23.9 Å². The van der Waals surface area contributed by atoms with Crippen LogP contribution >= 0.6 is 23.4 Å². The van der Waals surface area contributed by atoms with E-state index in [1.54, 1.807) is 6.07 Å². The Morgan fingerprint density at radius 1 is 1.21 bits per heavy atom. The summed E-state index contributed by atoms with van der Waals surface area (Å²) in [7, 11) is 0. The molecule has 1 N–H and O–H groups in total. The van der Waals surface area contributed by atoms with Gasteiger partial charge in [-0.25, -0.2) is 4.39 Å². The van der Waals surface area contributed by atoms with Gasteiger partial charge < -0.3 is 5.32 Å². The molecule has 0 spiro atoms. The van der Waals surface area contributed by atoms with E-state index in [0.29, 0.717) is 0 Å². The van der Waals surface area contributed by atoms with Gasteiger partial charge in [-0.1, -0.05) is 29.8 Å². The predicted octanol–water partition coefficient (Wildman–Crippen LogP) is 5.13. The summed E-state index contributed by atoms with van der Waals surface area (Å²) in [5.41, 5.74) is 2.06. The minimum Gasteiger partial charge on any atom is -0.378 e. The number of halogens is 2. The van der Waals surface area contributed by atoms with E-state index >= 15 is 0 Å². The predicted molar refractivity (Wildman–Crippen MR) is 79.6 cm³/mol. The highest BCUT2D eigenvalue weighted by molar-refractivity contribution is 7.99. The molecule has 4 heteroatoms. The highest BCUT2D eigenvalue weighted by atomic mass is 35.5. The Balaban J connectivity index is 1.86. The minimum atomic E-state index is -0.384. The zero-order valence-electron chi connectivity index (χ0n) is 10.2. The van der Waals surface area contributed by atoms with E-state index in [4.69, 9.17) is 11.6 Å². The Labute approximate surface area is 121 Å². The first-order valence-corrected chi connectivity index (χ1v) is 7.54. The molecule has 0 radical (unpaired) electrons. The van der Waals surface area contributed by atoms with Gasteiger partial charge >= 0.3 is 0 Å². The number of anilines is 1. The molecule has 1 heterocycles. The molecule has 0 fully saturated rings. The van der Waals surface area contributed by atoms with Crippen molar-refractivity contribution in [3.05, 3.63) is 58.9 Å². The van der Waals surface area contributed by atoms with E-state index in [-0.39, 0.29) is 16.9 Å². The number of nitrogens with one attached hydrogen (secondary N) is 1. The first-order valence-electron chi connectivity index (χ1n) is 6.17. The summed E-state index contributed by atoms with van der Waals surface area (Å²) in [6.07, 6.45) is 1.03. The zero-order chi connectivity index (χ0) is 13.2. The molecule has 1 aliphatic rings. The lowest BCUT2D eigenvalue weighted by Gasteiger charge is -2.26. The van der Waals surface area contributed by atoms with Crippen LogP contribution in [0, 0.1) is 5.82 Å². The fourth-order valence-electron chi connectivity index (χ4n) is 2.28. The van der Waals surface area contributed by atoms with Gasteiger partial charge in [-0.05, 0) is 36.2 Å². The lowest BCUT2D eigenvalue weighted by atomic mass is 10.0. The van der Waals surface area contributed by atoms with Crippen LogP contribution < -0.4 is 5.32 Å². The van der Waals surface area contributed by atoms with Crippen LogP contribution in [0.2, 0.25) is 5.02 Å².